The molecule has 27 heavy (non-hydrogen) atoms. The van der Waals surface area contributed by atoms with E-state index in [4.69, 9.17) is 21.1 Å². The first-order valence-corrected chi connectivity index (χ1v) is 9.76. The van der Waals surface area contributed by atoms with E-state index in [1.54, 1.807) is 12.1 Å². The molecule has 0 aliphatic carbocycles. The van der Waals surface area contributed by atoms with Gasteiger partial charge in [-0.2, -0.15) is 0 Å². The highest BCUT2D eigenvalue weighted by molar-refractivity contribution is 6.30. The van der Waals surface area contributed by atoms with Gasteiger partial charge in [0.05, 0.1) is 19.8 Å². The highest BCUT2D eigenvalue weighted by Gasteiger charge is 2.28. The summed E-state index contributed by atoms with van der Waals surface area (Å²) in [5, 5.41) is 3.54. The smallest absolute Gasteiger partial charge is 0.238 e. The van der Waals surface area contributed by atoms with Crippen molar-refractivity contribution in [2.24, 2.45) is 0 Å². The highest BCUT2D eigenvalue weighted by Crippen LogP contribution is 2.37. The maximum atomic E-state index is 12.5. The lowest BCUT2D eigenvalue weighted by atomic mass is 10.0. The Kier molecular flexibility index (Phi) is 5.50. The van der Waals surface area contributed by atoms with Crippen LogP contribution < -0.4 is 14.8 Å². The fraction of sp³-hybridized carbons (Fsp3) is 0.381. The number of hydrogen-bond donors (Lipinski definition) is 1. The number of anilines is 1. The molecule has 2 aliphatic rings. The molecular weight excluding hydrogens is 364 g/mol. The zero-order valence-electron chi connectivity index (χ0n) is 15.1. The van der Waals surface area contributed by atoms with Crippen LogP contribution in [0.25, 0.3) is 0 Å². The number of ether oxygens (including phenoxy) is 2. The van der Waals surface area contributed by atoms with E-state index in [0.717, 1.165) is 43.0 Å². The molecule has 1 amide bonds. The van der Waals surface area contributed by atoms with Crippen molar-refractivity contribution >= 4 is 23.2 Å². The second kappa shape index (κ2) is 8.19. The Balaban J connectivity index is 1.44. The zero-order valence-corrected chi connectivity index (χ0v) is 15.9. The van der Waals surface area contributed by atoms with Gasteiger partial charge in [0.2, 0.25) is 5.91 Å². The van der Waals surface area contributed by atoms with E-state index in [-0.39, 0.29) is 11.9 Å². The van der Waals surface area contributed by atoms with Crippen LogP contribution in [0.4, 0.5) is 5.69 Å². The molecule has 0 spiro atoms. The minimum absolute atomic E-state index is 0.0292. The fourth-order valence-electron chi connectivity index (χ4n) is 3.73. The van der Waals surface area contributed by atoms with E-state index in [1.165, 1.54) is 5.56 Å². The first-order chi connectivity index (χ1) is 13.2. The molecule has 0 unspecified atom stereocenters. The first-order valence-electron chi connectivity index (χ1n) is 9.38. The molecule has 2 heterocycles. The van der Waals surface area contributed by atoms with Crippen LogP contribution in [0.5, 0.6) is 11.5 Å². The van der Waals surface area contributed by atoms with E-state index < -0.39 is 0 Å². The molecule has 0 radical (unpaired) electrons. The number of hydrogen-bond acceptors (Lipinski definition) is 4. The van der Waals surface area contributed by atoms with Crippen LogP contribution >= 0.6 is 11.6 Å². The lowest BCUT2D eigenvalue weighted by molar-refractivity contribution is -0.117. The molecule has 1 fully saturated rings. The molecule has 6 heteroatoms. The van der Waals surface area contributed by atoms with Crippen LogP contribution in [0.2, 0.25) is 5.02 Å². The predicted octanol–water partition coefficient (Wildman–Crippen LogP) is 4.28. The van der Waals surface area contributed by atoms with Crippen molar-refractivity contribution in [2.45, 2.75) is 25.3 Å². The third kappa shape index (κ3) is 4.37. The van der Waals surface area contributed by atoms with E-state index in [2.05, 4.69) is 22.3 Å². The van der Waals surface area contributed by atoms with Crippen molar-refractivity contribution in [3.8, 4) is 11.5 Å². The summed E-state index contributed by atoms with van der Waals surface area (Å²) in [7, 11) is 0. The maximum absolute atomic E-state index is 12.5. The second-order valence-electron chi connectivity index (χ2n) is 6.94. The van der Waals surface area contributed by atoms with Gasteiger partial charge in [-0.15, -0.1) is 0 Å². The Morgan fingerprint density at radius 3 is 2.81 bits per heavy atom. The standard InChI is InChI=1S/C21H23ClN2O3/c22-16-4-1-5-17(13-16)23-21(25)14-24-9-2-6-18(24)15-7-8-19-20(12-15)27-11-3-10-26-19/h1,4-5,7-8,12-13,18H,2-3,6,9-11,14H2,(H,23,25)/t18-/m0/s1. The van der Waals surface area contributed by atoms with Crippen LogP contribution in [0.3, 0.4) is 0 Å². The van der Waals surface area contributed by atoms with Crippen molar-refractivity contribution in [2.75, 3.05) is 31.6 Å². The number of benzene rings is 2. The average molecular weight is 387 g/mol. The number of nitrogens with zero attached hydrogens (tertiary/aromatic N) is 1. The molecule has 1 atom stereocenters. The van der Waals surface area contributed by atoms with E-state index in [0.29, 0.717) is 24.8 Å². The van der Waals surface area contributed by atoms with Gasteiger partial charge in [-0.3, -0.25) is 9.69 Å². The second-order valence-corrected chi connectivity index (χ2v) is 7.38. The van der Waals surface area contributed by atoms with Crippen LogP contribution in [0, 0.1) is 0 Å². The van der Waals surface area contributed by atoms with E-state index in [9.17, 15) is 4.79 Å². The molecule has 5 nitrogen and oxygen atoms in total. The molecule has 1 saturated heterocycles. The Hall–Kier alpha value is -2.24. The predicted molar refractivity (Wildman–Crippen MR) is 106 cm³/mol. The molecule has 0 saturated carbocycles. The van der Waals surface area contributed by atoms with Crippen molar-refractivity contribution in [1.29, 1.82) is 0 Å². The Morgan fingerprint density at radius 1 is 1.11 bits per heavy atom. The van der Waals surface area contributed by atoms with Gasteiger partial charge in [0.1, 0.15) is 0 Å². The highest BCUT2D eigenvalue weighted by atomic mass is 35.5. The molecule has 0 aromatic heterocycles. The van der Waals surface area contributed by atoms with E-state index >= 15 is 0 Å². The minimum Gasteiger partial charge on any atom is -0.490 e. The van der Waals surface area contributed by atoms with Gasteiger partial charge in [-0.25, -0.2) is 0 Å². The van der Waals surface area contributed by atoms with Gasteiger partial charge < -0.3 is 14.8 Å². The normalized spacial score (nSPS) is 19.5. The molecule has 0 bridgehead atoms. The topological polar surface area (TPSA) is 50.8 Å². The molecule has 2 aromatic carbocycles. The summed E-state index contributed by atoms with van der Waals surface area (Å²) in [6.45, 7) is 2.62. The monoisotopic (exact) mass is 386 g/mol. The Labute approximate surface area is 164 Å². The maximum Gasteiger partial charge on any atom is 0.238 e. The van der Waals surface area contributed by atoms with Crippen LogP contribution in [-0.4, -0.2) is 37.1 Å². The summed E-state index contributed by atoms with van der Waals surface area (Å²) in [5.74, 6) is 1.58. The number of halogens is 1. The van der Waals surface area contributed by atoms with Crippen molar-refractivity contribution < 1.29 is 14.3 Å². The summed E-state index contributed by atoms with van der Waals surface area (Å²) in [6, 6.07) is 13.6. The Bertz CT molecular complexity index is 827. The fourth-order valence-corrected chi connectivity index (χ4v) is 3.92. The van der Waals surface area contributed by atoms with Gasteiger partial charge in [0, 0.05) is 23.2 Å². The summed E-state index contributed by atoms with van der Waals surface area (Å²) < 4.78 is 11.5. The SMILES string of the molecule is O=C(CN1CCC[C@H]1c1ccc2c(c1)OCCCO2)Nc1cccc(Cl)c1. The number of carbonyl (C=O) groups excluding carboxylic acids is 1. The molecular formula is C21H23ClN2O3. The van der Waals surface area contributed by atoms with Gasteiger partial charge in [0.25, 0.3) is 0 Å². The summed E-state index contributed by atoms with van der Waals surface area (Å²) in [4.78, 5) is 14.7. The summed E-state index contributed by atoms with van der Waals surface area (Å²) in [5.41, 5.74) is 1.89. The minimum atomic E-state index is -0.0292. The number of amides is 1. The number of nitrogens with one attached hydrogen (secondary N) is 1. The number of rotatable bonds is 4. The lowest BCUT2D eigenvalue weighted by Crippen LogP contribution is -2.32. The van der Waals surface area contributed by atoms with Gasteiger partial charge in [-0.05, 0) is 55.3 Å². The van der Waals surface area contributed by atoms with Gasteiger partial charge in [-0.1, -0.05) is 23.7 Å². The molecule has 2 aromatic rings. The summed E-state index contributed by atoms with van der Waals surface area (Å²) in [6.07, 6.45) is 3.00. The number of fused-ring (bicyclic) bond motifs is 1. The molecule has 2 aliphatic heterocycles. The van der Waals surface area contributed by atoms with Gasteiger partial charge in [0.15, 0.2) is 11.5 Å². The molecule has 4 rings (SSSR count). The van der Waals surface area contributed by atoms with E-state index in [1.807, 2.05) is 18.2 Å². The summed E-state index contributed by atoms with van der Waals surface area (Å²) >= 11 is 5.99. The third-order valence-corrected chi connectivity index (χ3v) is 5.21. The van der Waals surface area contributed by atoms with Crippen LogP contribution in [-0.2, 0) is 4.79 Å². The van der Waals surface area contributed by atoms with Crippen LogP contribution in [0.15, 0.2) is 42.5 Å². The first kappa shape index (κ1) is 18.1. The molecule has 1 N–H and O–H groups in total. The zero-order chi connectivity index (χ0) is 18.6. The Morgan fingerprint density at radius 2 is 1.96 bits per heavy atom. The van der Waals surface area contributed by atoms with Gasteiger partial charge >= 0.3 is 0 Å². The number of likely N-dealkylation sites (tertiary alicyclic amines) is 1. The van der Waals surface area contributed by atoms with Crippen LogP contribution in [0.1, 0.15) is 30.9 Å². The van der Waals surface area contributed by atoms with Crippen molar-refractivity contribution in [3.63, 3.8) is 0 Å². The third-order valence-electron chi connectivity index (χ3n) is 4.98. The average Bonchev–Trinajstić information content (AvgIpc) is 2.97. The van der Waals surface area contributed by atoms with Crippen molar-refractivity contribution in [1.82, 2.24) is 4.90 Å². The van der Waals surface area contributed by atoms with Crippen molar-refractivity contribution in [3.05, 3.63) is 53.1 Å². The largest absolute Gasteiger partial charge is 0.490 e. The number of carbonyl (C=O) groups is 1. The lowest BCUT2D eigenvalue weighted by Gasteiger charge is -2.25. The quantitative estimate of drug-likeness (QED) is 0.852. The molecule has 142 valence electrons.